The van der Waals surface area contributed by atoms with E-state index in [-0.39, 0.29) is 30.4 Å². The summed E-state index contributed by atoms with van der Waals surface area (Å²) < 4.78 is 26.3. The summed E-state index contributed by atoms with van der Waals surface area (Å²) in [5, 5.41) is 1.31. The molecular formula is C76H108O7S2Si2. The molecule has 0 bridgehead atoms. The molecule has 0 amide bonds. The minimum Gasteiger partial charge on any atom is -0.494 e. The molecule has 0 saturated heterocycles. The smallest absolute Gasteiger partial charge is 0.306 e. The van der Waals surface area contributed by atoms with Gasteiger partial charge in [0.15, 0.2) is 27.8 Å². The average Bonchev–Trinajstić information content (AvgIpc) is 0.907. The second kappa shape index (κ2) is 41.8. The zero-order valence-electron chi connectivity index (χ0n) is 55.0. The van der Waals surface area contributed by atoms with E-state index in [0.29, 0.717) is 64.3 Å². The lowest BCUT2D eigenvalue weighted by Crippen LogP contribution is -2.44. The van der Waals surface area contributed by atoms with Gasteiger partial charge in [0.25, 0.3) is 0 Å². The molecule has 5 aromatic rings. The van der Waals surface area contributed by atoms with Crippen molar-refractivity contribution < 1.29 is 27.9 Å². The highest BCUT2D eigenvalue weighted by atomic mass is 32.2. The van der Waals surface area contributed by atoms with E-state index in [0.717, 1.165) is 114 Å². The second-order valence-electron chi connectivity index (χ2n) is 24.7. The molecule has 4 atom stereocenters. The fourth-order valence-corrected chi connectivity index (χ4v) is 22.1. The summed E-state index contributed by atoms with van der Waals surface area (Å²) in [7, 11) is -3.51. The zero-order valence-corrected chi connectivity index (χ0v) is 58.7. The van der Waals surface area contributed by atoms with Crippen LogP contribution in [0.25, 0.3) is 20.2 Å². The van der Waals surface area contributed by atoms with Crippen LogP contribution in [0.3, 0.4) is 0 Å². The van der Waals surface area contributed by atoms with Crippen molar-refractivity contribution in [2.24, 2.45) is 23.7 Å². The average molecular weight is 1250 g/mol. The number of fused-ring (bicyclic) bond motifs is 2. The van der Waals surface area contributed by atoms with Gasteiger partial charge in [-0.25, -0.2) is 0 Å². The van der Waals surface area contributed by atoms with Gasteiger partial charge in [0.1, 0.15) is 24.7 Å². The second-order valence-corrected chi connectivity index (χ2v) is 35.8. The third kappa shape index (κ3) is 29.3. The Labute approximate surface area is 536 Å². The number of esters is 1. The molecule has 0 aliphatic heterocycles. The van der Waals surface area contributed by atoms with Gasteiger partial charge in [-0.05, 0) is 225 Å². The van der Waals surface area contributed by atoms with Crippen molar-refractivity contribution in [3.05, 3.63) is 191 Å². The van der Waals surface area contributed by atoms with Crippen LogP contribution in [0.4, 0.5) is 0 Å². The molecule has 0 N–H and O–H groups in total. The number of hydrogen-bond donors (Lipinski definition) is 0. The minimum absolute atomic E-state index is 0.0190. The highest BCUT2D eigenvalue weighted by molar-refractivity contribution is 7.99. The fraction of sp³-hybridized carbons (Fsp3) is 0.487. The maximum Gasteiger partial charge on any atom is 0.306 e. The predicted molar refractivity (Wildman–Crippen MR) is 384 cm³/mol. The Bertz CT molecular complexity index is 2990. The largest absolute Gasteiger partial charge is 0.494 e. The van der Waals surface area contributed by atoms with Gasteiger partial charge in [0.2, 0.25) is 0 Å². The molecule has 5 rings (SSSR count). The molecule has 474 valence electrons. The molecule has 1 aromatic heterocycles. The Morgan fingerprint density at radius 3 is 1.77 bits per heavy atom. The van der Waals surface area contributed by atoms with E-state index in [9.17, 15) is 14.4 Å². The molecular weight excluding hydrogens is 1150 g/mol. The number of aryl methyl sites for hydroxylation is 1. The van der Waals surface area contributed by atoms with Crippen LogP contribution in [0, 0.1) is 37.5 Å². The highest BCUT2D eigenvalue weighted by Crippen LogP contribution is 2.35. The number of benzene rings is 4. The predicted octanol–water partition coefficient (Wildman–Crippen LogP) is 21.8. The Kier molecular flexibility index (Phi) is 35.7. The van der Waals surface area contributed by atoms with E-state index >= 15 is 0 Å². The van der Waals surface area contributed by atoms with Crippen molar-refractivity contribution in [1.29, 1.82) is 0 Å². The quantitative estimate of drug-likeness (QED) is 0.00954. The Morgan fingerprint density at radius 2 is 1.16 bits per heavy atom. The number of rotatable bonds is 42. The molecule has 11 heteroatoms. The van der Waals surface area contributed by atoms with Crippen LogP contribution in [0.15, 0.2) is 164 Å². The number of hydrogen-bond acceptors (Lipinski definition) is 9. The van der Waals surface area contributed by atoms with Gasteiger partial charge >= 0.3 is 5.97 Å². The maximum absolute atomic E-state index is 13.3. The number of carbonyl (C=O) groups excluding carboxylic acids is 2. The van der Waals surface area contributed by atoms with Crippen molar-refractivity contribution in [3.63, 3.8) is 0 Å². The van der Waals surface area contributed by atoms with E-state index in [4.69, 9.17) is 18.3 Å². The molecule has 7 nitrogen and oxygen atoms in total. The molecule has 4 aromatic carbocycles. The molecule has 0 spiro atoms. The number of allylic oxidation sites excluding steroid dienone is 10. The van der Waals surface area contributed by atoms with Gasteiger partial charge in [-0.1, -0.05) is 137 Å². The first-order chi connectivity index (χ1) is 41.9. The van der Waals surface area contributed by atoms with Gasteiger partial charge in [-0.15, -0.1) is 24.5 Å². The molecule has 0 fully saturated rings. The summed E-state index contributed by atoms with van der Waals surface area (Å²) in [6, 6.07) is 28.9. The number of thioether (sulfide) groups is 1. The number of carbonyl (C=O) groups is 2. The first kappa shape index (κ1) is 74.2. The van der Waals surface area contributed by atoms with Crippen LogP contribution in [-0.2, 0) is 13.6 Å². The summed E-state index contributed by atoms with van der Waals surface area (Å²) in [6.45, 7) is 31.8. The van der Waals surface area contributed by atoms with Crippen molar-refractivity contribution in [2.75, 3.05) is 31.3 Å². The summed E-state index contributed by atoms with van der Waals surface area (Å²) in [5.74, 6) is 5.49. The van der Waals surface area contributed by atoms with Crippen LogP contribution in [0.5, 0.6) is 11.5 Å². The first-order valence-electron chi connectivity index (χ1n) is 32.6. The van der Waals surface area contributed by atoms with Crippen molar-refractivity contribution in [3.8, 4) is 11.5 Å². The van der Waals surface area contributed by atoms with Crippen LogP contribution in [-0.4, -0.2) is 59.7 Å². The SMILES string of the molecule is C=CC(CC/C=C\CC/C=C/CC)CC(C)CCSCCC(=O)OCCOc1c(C)c(C)cc2sc3ccccc3c(=O)c12.C=CC(CC/C=C\CC/C=C/CC)CC(C)CC[Si](C)(C)O[Si](C)(C)CCCOc1ccc(C(=O)c2ccccc2)cc1. The van der Waals surface area contributed by atoms with E-state index in [1.807, 2.05) is 104 Å². The molecule has 87 heavy (non-hydrogen) atoms. The Hall–Kier alpha value is -5.31. The van der Waals surface area contributed by atoms with Crippen molar-refractivity contribution in [2.45, 2.75) is 183 Å². The van der Waals surface area contributed by atoms with Crippen molar-refractivity contribution in [1.82, 2.24) is 0 Å². The van der Waals surface area contributed by atoms with Crippen LogP contribution in [0.1, 0.15) is 157 Å². The molecule has 0 aliphatic carbocycles. The fourth-order valence-electron chi connectivity index (χ4n) is 10.8. The maximum atomic E-state index is 13.3. The van der Waals surface area contributed by atoms with Gasteiger partial charge in [-0.3, -0.25) is 14.4 Å². The lowest BCUT2D eigenvalue weighted by atomic mass is 9.90. The highest BCUT2D eigenvalue weighted by Gasteiger charge is 2.33. The molecule has 1 heterocycles. The summed E-state index contributed by atoms with van der Waals surface area (Å²) in [5.41, 5.74) is 3.38. The molecule has 0 radical (unpaired) electrons. The van der Waals surface area contributed by atoms with E-state index in [1.54, 1.807) is 11.3 Å². The monoisotopic (exact) mass is 1250 g/mol. The topological polar surface area (TPSA) is 88.1 Å². The standard InChI is InChI=1S/C38H50O4S2.C38H58O3Si2/c1-6-8-9-10-11-12-13-14-17-31(7-2)26-28(3)20-24-43-25-21-35(39)41-22-23-42-38-30(5)29(4)27-34-36(38)37(40)32-18-15-16-19-33(32)44-34;1-8-10-11-12-13-14-15-17-21-34(9-2)32-33(3)28-31-43(6,7)41-42(4,5)30-20-29-40-37-26-24-36(25-27-37)38(39)35-22-18-16-19-23-35/h7-9,12-13,15-16,18-19,27-28,31H,2,6,10-11,14,17,20-26H2,1,3-5H3;9-11,14-16,18-19,22-27,33-34H,2,8,12-13,17,20-21,28-32H2,1,3-7H3/b9-8+,13-12-;11-10+,15-14-. The summed E-state index contributed by atoms with van der Waals surface area (Å²) in [6.07, 6.45) is 40.1. The summed E-state index contributed by atoms with van der Waals surface area (Å²) >= 11 is 3.41. The molecule has 0 saturated carbocycles. The lowest BCUT2D eigenvalue weighted by molar-refractivity contribution is -0.143. The zero-order chi connectivity index (χ0) is 63.3. The van der Waals surface area contributed by atoms with Gasteiger partial charge in [0, 0.05) is 31.7 Å². The first-order valence-corrected chi connectivity index (χ1v) is 40.8. The number of ketones is 1. The third-order valence-corrected chi connectivity index (χ3v) is 25.5. The third-order valence-electron chi connectivity index (χ3n) is 15.9. The normalized spacial score (nSPS) is 13.5. The number of unbranched alkanes of at least 4 members (excludes halogenated alkanes) is 2. The van der Waals surface area contributed by atoms with Crippen LogP contribution < -0.4 is 14.9 Å². The molecule has 4 unspecified atom stereocenters. The van der Waals surface area contributed by atoms with E-state index in [1.165, 1.54) is 31.7 Å². The molecule has 0 aliphatic rings. The van der Waals surface area contributed by atoms with Gasteiger partial charge in [-0.2, -0.15) is 11.8 Å². The number of ether oxygens (including phenoxy) is 3. The Morgan fingerprint density at radius 1 is 0.609 bits per heavy atom. The summed E-state index contributed by atoms with van der Waals surface area (Å²) in [4.78, 5) is 38.3. The Balaban J connectivity index is 0.000000373. The van der Waals surface area contributed by atoms with E-state index < -0.39 is 16.6 Å². The van der Waals surface area contributed by atoms with Crippen LogP contribution >= 0.6 is 23.1 Å². The van der Waals surface area contributed by atoms with Crippen LogP contribution in [0.2, 0.25) is 38.3 Å². The van der Waals surface area contributed by atoms with Gasteiger partial charge in [0.05, 0.1) is 18.4 Å². The lowest BCUT2D eigenvalue weighted by Gasteiger charge is -2.35. The van der Waals surface area contributed by atoms with Crippen molar-refractivity contribution >= 4 is 71.7 Å². The van der Waals surface area contributed by atoms with Gasteiger partial charge < -0.3 is 18.3 Å². The van der Waals surface area contributed by atoms with E-state index in [2.05, 4.69) is 134 Å². The minimum atomic E-state index is -1.78.